The number of aromatic amines is 1. The summed E-state index contributed by atoms with van der Waals surface area (Å²) < 4.78 is 51.0. The Morgan fingerprint density at radius 3 is 2.61 bits per heavy atom. The quantitative estimate of drug-likeness (QED) is 0.560. The van der Waals surface area contributed by atoms with E-state index in [1.165, 1.54) is 23.0 Å². The van der Waals surface area contributed by atoms with Crippen LogP contribution in [0.5, 0.6) is 5.75 Å². The Kier molecular flexibility index (Phi) is 5.40. The van der Waals surface area contributed by atoms with Gasteiger partial charge in [-0.2, -0.15) is 0 Å². The summed E-state index contributed by atoms with van der Waals surface area (Å²) in [7, 11) is 1.29. The molecular formula is C23H24F3N3O3S. The molecule has 3 aromatic rings. The van der Waals surface area contributed by atoms with Crippen LogP contribution in [0.4, 0.5) is 13.2 Å². The van der Waals surface area contributed by atoms with Crippen LogP contribution in [0.3, 0.4) is 0 Å². The van der Waals surface area contributed by atoms with Gasteiger partial charge in [0.15, 0.2) is 5.75 Å². The average Bonchev–Trinajstić information content (AvgIpc) is 3.49. The maximum absolute atomic E-state index is 15.8. The number of H-pyrrole nitrogens is 1. The predicted octanol–water partition coefficient (Wildman–Crippen LogP) is 4.61. The average molecular weight is 480 g/mol. The summed E-state index contributed by atoms with van der Waals surface area (Å²) in [6.45, 7) is 1.92. The van der Waals surface area contributed by atoms with Crippen LogP contribution in [0.25, 0.3) is 21.3 Å². The molecule has 1 saturated carbocycles. The molecule has 2 aliphatic carbocycles. The number of hydrogen-bond donors (Lipinski definition) is 2. The number of aryl methyl sites for hydroxylation is 1. The maximum atomic E-state index is 15.8. The molecule has 2 aromatic heterocycles. The van der Waals surface area contributed by atoms with Crippen molar-refractivity contribution < 1.29 is 17.9 Å². The predicted molar refractivity (Wildman–Crippen MR) is 121 cm³/mol. The number of halogens is 3. The summed E-state index contributed by atoms with van der Waals surface area (Å²) in [6.07, 6.45) is 0.699. The topological polar surface area (TPSA) is 90.1 Å². The first-order chi connectivity index (χ1) is 15.7. The maximum Gasteiger partial charge on any atom is 0.329 e. The van der Waals surface area contributed by atoms with E-state index in [1.54, 1.807) is 0 Å². The van der Waals surface area contributed by atoms with Crippen molar-refractivity contribution in [2.45, 2.75) is 63.5 Å². The minimum absolute atomic E-state index is 0.0713. The van der Waals surface area contributed by atoms with Crippen LogP contribution in [0.15, 0.2) is 15.7 Å². The molecule has 33 heavy (non-hydrogen) atoms. The van der Waals surface area contributed by atoms with Crippen molar-refractivity contribution in [2.75, 3.05) is 7.11 Å². The van der Waals surface area contributed by atoms with Crippen LogP contribution in [0.2, 0.25) is 0 Å². The standard InChI is InChI=1S/C23H24F3N3O3S/c1-9(27)11-4-3-5-13-12(11)8-14(33-13)15-18(24)16(21(25)26)17-19(20(15)32-2)29(10-6-7-10)23(31)28-22(17)30/h8-11,21H,3-7,27H2,1-2H3,(H,28,30,31). The number of alkyl halides is 2. The van der Waals surface area contributed by atoms with E-state index in [0.717, 1.165) is 29.7 Å². The number of nitrogens with two attached hydrogens (primary N) is 1. The van der Waals surface area contributed by atoms with Gasteiger partial charge in [-0.15, -0.1) is 11.3 Å². The van der Waals surface area contributed by atoms with Gasteiger partial charge in [0.05, 0.1) is 23.6 Å². The number of hydrogen-bond acceptors (Lipinski definition) is 5. The Hall–Kier alpha value is -2.59. The van der Waals surface area contributed by atoms with Gasteiger partial charge in [0.1, 0.15) is 11.3 Å². The molecule has 5 rings (SSSR count). The zero-order valence-electron chi connectivity index (χ0n) is 18.2. The molecule has 0 amide bonds. The van der Waals surface area contributed by atoms with Crippen LogP contribution in [-0.2, 0) is 6.42 Å². The number of rotatable bonds is 5. The first-order valence-corrected chi connectivity index (χ1v) is 11.8. The fourth-order valence-electron chi connectivity index (χ4n) is 5.05. The minimum atomic E-state index is -3.25. The second-order valence-corrected chi connectivity index (χ2v) is 10.0. The summed E-state index contributed by atoms with van der Waals surface area (Å²) in [4.78, 5) is 28.8. The Morgan fingerprint density at radius 2 is 2.00 bits per heavy atom. The van der Waals surface area contributed by atoms with Crippen LogP contribution in [0.1, 0.15) is 67.0 Å². The third-order valence-corrected chi connectivity index (χ3v) is 7.92. The molecule has 2 atom stereocenters. The smallest absolute Gasteiger partial charge is 0.329 e. The van der Waals surface area contributed by atoms with Gasteiger partial charge in [0.2, 0.25) is 0 Å². The fourth-order valence-corrected chi connectivity index (χ4v) is 6.36. The second-order valence-electron chi connectivity index (χ2n) is 8.87. The largest absolute Gasteiger partial charge is 0.494 e. The zero-order chi connectivity index (χ0) is 23.6. The number of nitrogens with zero attached hydrogens (tertiary/aromatic N) is 1. The lowest BCUT2D eigenvalue weighted by Crippen LogP contribution is -2.31. The van der Waals surface area contributed by atoms with E-state index in [4.69, 9.17) is 10.5 Å². The fraction of sp³-hybridized carbons (Fsp3) is 0.478. The van der Waals surface area contributed by atoms with E-state index in [2.05, 4.69) is 4.98 Å². The molecule has 2 unspecified atom stereocenters. The molecule has 2 heterocycles. The monoisotopic (exact) mass is 479 g/mol. The molecule has 3 N–H and O–H groups in total. The third-order valence-electron chi connectivity index (χ3n) is 6.69. The van der Waals surface area contributed by atoms with Gasteiger partial charge in [-0.05, 0) is 56.6 Å². The van der Waals surface area contributed by atoms with E-state index < -0.39 is 34.4 Å². The number of ether oxygens (including phenoxy) is 1. The summed E-state index contributed by atoms with van der Waals surface area (Å²) >= 11 is 1.33. The molecule has 0 aliphatic heterocycles. The Bertz CT molecular complexity index is 1370. The van der Waals surface area contributed by atoms with E-state index >= 15 is 4.39 Å². The Labute approximate surface area is 191 Å². The molecule has 1 aromatic carbocycles. The van der Waals surface area contributed by atoms with Crippen molar-refractivity contribution in [3.8, 4) is 16.2 Å². The van der Waals surface area contributed by atoms with Crippen LogP contribution in [0, 0.1) is 5.82 Å². The van der Waals surface area contributed by atoms with E-state index in [9.17, 15) is 18.4 Å². The lowest BCUT2D eigenvalue weighted by Gasteiger charge is -2.25. The highest BCUT2D eigenvalue weighted by molar-refractivity contribution is 7.15. The van der Waals surface area contributed by atoms with Crippen LogP contribution < -0.4 is 21.7 Å². The highest BCUT2D eigenvalue weighted by atomic mass is 32.1. The van der Waals surface area contributed by atoms with Gasteiger partial charge in [-0.1, -0.05) is 0 Å². The van der Waals surface area contributed by atoms with Gasteiger partial charge < -0.3 is 10.5 Å². The lowest BCUT2D eigenvalue weighted by molar-refractivity contribution is 0.148. The van der Waals surface area contributed by atoms with Gasteiger partial charge in [-0.25, -0.2) is 18.0 Å². The second kappa shape index (κ2) is 8.02. The molecule has 1 fully saturated rings. The lowest BCUT2D eigenvalue weighted by atomic mass is 9.83. The molecule has 10 heteroatoms. The SMILES string of the molecule is COc1c(-c2cc3c(s2)CCCC3C(C)N)c(F)c(C(F)F)c2c(=O)[nH]c(=O)n(C3CC3)c12. The van der Waals surface area contributed by atoms with Crippen molar-refractivity contribution in [3.63, 3.8) is 0 Å². The van der Waals surface area contributed by atoms with Gasteiger partial charge in [0.25, 0.3) is 12.0 Å². The number of methoxy groups -OCH3 is 1. The number of thiophene rings is 1. The summed E-state index contributed by atoms with van der Waals surface area (Å²) in [5.41, 5.74) is 4.20. The molecular weight excluding hydrogens is 455 g/mol. The van der Waals surface area contributed by atoms with Crippen LogP contribution in [-0.4, -0.2) is 22.7 Å². The molecule has 176 valence electrons. The summed E-state index contributed by atoms with van der Waals surface area (Å²) in [6, 6.07) is 1.45. The molecule has 2 aliphatic rings. The summed E-state index contributed by atoms with van der Waals surface area (Å²) in [5, 5.41) is -0.538. The first-order valence-electron chi connectivity index (χ1n) is 11.0. The highest BCUT2D eigenvalue weighted by Gasteiger charge is 2.36. The van der Waals surface area contributed by atoms with Gasteiger partial charge in [0, 0.05) is 21.8 Å². The number of nitrogens with one attached hydrogen (secondary N) is 1. The molecule has 0 saturated heterocycles. The van der Waals surface area contributed by atoms with E-state index in [0.29, 0.717) is 17.7 Å². The normalized spacial score (nSPS) is 19.2. The third kappa shape index (κ3) is 3.42. The molecule has 6 nitrogen and oxygen atoms in total. The number of benzene rings is 1. The summed E-state index contributed by atoms with van der Waals surface area (Å²) in [5.74, 6) is -1.18. The zero-order valence-corrected chi connectivity index (χ0v) is 19.0. The number of aromatic nitrogens is 2. The van der Waals surface area contributed by atoms with Crippen molar-refractivity contribution >= 4 is 22.2 Å². The van der Waals surface area contributed by atoms with Crippen LogP contribution >= 0.6 is 11.3 Å². The Balaban J connectivity index is 1.90. The van der Waals surface area contributed by atoms with E-state index in [1.807, 2.05) is 13.0 Å². The van der Waals surface area contributed by atoms with E-state index in [-0.39, 0.29) is 34.8 Å². The van der Waals surface area contributed by atoms with Crippen molar-refractivity contribution in [2.24, 2.45) is 5.73 Å². The van der Waals surface area contributed by atoms with Crippen molar-refractivity contribution in [1.82, 2.24) is 9.55 Å². The first kappa shape index (κ1) is 22.2. The van der Waals surface area contributed by atoms with Crippen molar-refractivity contribution in [3.05, 3.63) is 48.7 Å². The minimum Gasteiger partial charge on any atom is -0.494 e. The van der Waals surface area contributed by atoms with Gasteiger partial charge in [-0.3, -0.25) is 14.3 Å². The molecule has 0 spiro atoms. The molecule has 0 bridgehead atoms. The Morgan fingerprint density at radius 1 is 1.27 bits per heavy atom. The highest BCUT2D eigenvalue weighted by Crippen LogP contribution is 2.49. The number of fused-ring (bicyclic) bond motifs is 2. The van der Waals surface area contributed by atoms with Gasteiger partial charge >= 0.3 is 5.69 Å². The molecule has 0 radical (unpaired) electrons. The van der Waals surface area contributed by atoms with Crippen molar-refractivity contribution in [1.29, 1.82) is 0 Å².